The molecule has 0 saturated carbocycles. The average Bonchev–Trinajstić information content (AvgIpc) is 2.27. The van der Waals surface area contributed by atoms with Crippen LogP contribution in [0.1, 0.15) is 10.4 Å². The van der Waals surface area contributed by atoms with Crippen LogP contribution in [0.4, 0.5) is 0 Å². The quantitative estimate of drug-likeness (QED) is 0.635. The molecule has 1 aromatic heterocycles. The number of hydrogen-bond acceptors (Lipinski definition) is 2. The van der Waals surface area contributed by atoms with Gasteiger partial charge >= 0.3 is 5.97 Å². The number of H-pyrrole nitrogens is 1. The number of pyridine rings is 1. The normalized spacial score (nSPS) is 10.1. The molecule has 0 aliphatic rings. The Hall–Kier alpha value is -1.90. The molecule has 1 heterocycles. The van der Waals surface area contributed by atoms with Crippen LogP contribution in [0.2, 0.25) is 0 Å². The van der Waals surface area contributed by atoms with Crippen molar-refractivity contribution in [2.75, 3.05) is 7.11 Å². The molecular weight excluding hydrogens is 178 g/mol. The summed E-state index contributed by atoms with van der Waals surface area (Å²) in [5.41, 5.74) is 1.51. The van der Waals surface area contributed by atoms with E-state index in [-0.39, 0.29) is 5.97 Å². The van der Waals surface area contributed by atoms with Gasteiger partial charge in [0.2, 0.25) is 5.52 Å². The monoisotopic (exact) mass is 188 g/mol. The minimum Gasteiger partial charge on any atom is -0.465 e. The van der Waals surface area contributed by atoms with Crippen LogP contribution in [-0.4, -0.2) is 13.1 Å². The lowest BCUT2D eigenvalue weighted by Gasteiger charge is -2.00. The van der Waals surface area contributed by atoms with Crippen LogP contribution >= 0.6 is 0 Å². The lowest BCUT2D eigenvalue weighted by Crippen LogP contribution is -2.06. The van der Waals surface area contributed by atoms with Gasteiger partial charge in [0, 0.05) is 12.1 Å². The van der Waals surface area contributed by atoms with Gasteiger partial charge in [-0.05, 0) is 12.1 Å². The molecule has 14 heavy (non-hydrogen) atoms. The Balaban J connectivity index is 2.71. The molecule has 0 atom stereocenters. The first kappa shape index (κ1) is 8.69. The Bertz CT molecular complexity index is 474. The van der Waals surface area contributed by atoms with E-state index in [9.17, 15) is 4.79 Å². The molecule has 2 aromatic rings. The maximum absolute atomic E-state index is 11.4. The molecule has 0 radical (unpaired) electrons. The molecule has 0 amide bonds. The number of carbonyl (C=O) groups is 1. The highest BCUT2D eigenvalue weighted by molar-refractivity contribution is 6.02. The summed E-state index contributed by atoms with van der Waals surface area (Å²) in [6.45, 7) is 0. The van der Waals surface area contributed by atoms with Crippen molar-refractivity contribution in [3.05, 3.63) is 42.1 Å². The summed E-state index contributed by atoms with van der Waals surface area (Å²) in [4.78, 5) is 14.5. The van der Waals surface area contributed by atoms with Gasteiger partial charge in [-0.15, -0.1) is 0 Å². The number of carbonyl (C=O) groups excluding carboxylic acids is 1. The van der Waals surface area contributed by atoms with Crippen molar-refractivity contribution in [3.63, 3.8) is 0 Å². The van der Waals surface area contributed by atoms with E-state index < -0.39 is 0 Å². The summed E-state index contributed by atoms with van der Waals surface area (Å²) in [7, 11) is 1.38. The number of hydrogen-bond donors (Lipinski definition) is 0. The second-order valence-electron chi connectivity index (χ2n) is 2.93. The minimum absolute atomic E-state index is 0.310. The number of rotatable bonds is 1. The average molecular weight is 188 g/mol. The SMILES string of the molecule is COC(=O)c1cccc2[nH+]cccc12. The van der Waals surface area contributed by atoms with E-state index in [0.29, 0.717) is 5.56 Å². The van der Waals surface area contributed by atoms with Crippen molar-refractivity contribution in [1.82, 2.24) is 0 Å². The number of esters is 1. The maximum atomic E-state index is 11.4. The van der Waals surface area contributed by atoms with Crippen molar-refractivity contribution in [1.29, 1.82) is 0 Å². The zero-order valence-corrected chi connectivity index (χ0v) is 7.78. The van der Waals surface area contributed by atoms with Crippen LogP contribution in [0.15, 0.2) is 36.5 Å². The Labute approximate surface area is 81.3 Å². The number of fused-ring (bicyclic) bond motifs is 1. The van der Waals surface area contributed by atoms with Gasteiger partial charge in [-0.2, -0.15) is 0 Å². The maximum Gasteiger partial charge on any atom is 0.338 e. The van der Waals surface area contributed by atoms with Gasteiger partial charge in [0.15, 0.2) is 6.20 Å². The fourth-order valence-corrected chi connectivity index (χ4v) is 1.44. The first-order valence-corrected chi connectivity index (χ1v) is 4.30. The minimum atomic E-state index is -0.310. The second-order valence-corrected chi connectivity index (χ2v) is 2.93. The van der Waals surface area contributed by atoms with Crippen molar-refractivity contribution >= 4 is 16.9 Å². The highest BCUT2D eigenvalue weighted by atomic mass is 16.5. The van der Waals surface area contributed by atoms with Crippen LogP contribution in [0.5, 0.6) is 0 Å². The van der Waals surface area contributed by atoms with E-state index in [2.05, 4.69) is 4.98 Å². The van der Waals surface area contributed by atoms with E-state index in [0.717, 1.165) is 10.9 Å². The summed E-state index contributed by atoms with van der Waals surface area (Å²) >= 11 is 0. The number of aromatic amines is 1. The van der Waals surface area contributed by atoms with Gasteiger partial charge in [0.05, 0.1) is 18.1 Å². The molecule has 0 bridgehead atoms. The van der Waals surface area contributed by atoms with Gasteiger partial charge in [-0.3, -0.25) is 0 Å². The first-order chi connectivity index (χ1) is 6.83. The van der Waals surface area contributed by atoms with Crippen molar-refractivity contribution in [2.45, 2.75) is 0 Å². The van der Waals surface area contributed by atoms with Crippen molar-refractivity contribution < 1.29 is 14.5 Å². The van der Waals surface area contributed by atoms with E-state index in [1.807, 2.05) is 30.5 Å². The zero-order valence-electron chi connectivity index (χ0n) is 7.78. The topological polar surface area (TPSA) is 40.4 Å². The van der Waals surface area contributed by atoms with Gasteiger partial charge in [-0.25, -0.2) is 9.78 Å². The lowest BCUT2D eigenvalue weighted by molar-refractivity contribution is -0.344. The van der Waals surface area contributed by atoms with Crippen LogP contribution in [0.25, 0.3) is 10.9 Å². The predicted molar refractivity (Wildman–Crippen MR) is 51.8 cm³/mol. The Morgan fingerprint density at radius 3 is 2.93 bits per heavy atom. The van der Waals surface area contributed by atoms with Gasteiger partial charge in [0.25, 0.3) is 0 Å². The molecule has 0 unspecified atom stereocenters. The lowest BCUT2D eigenvalue weighted by atomic mass is 10.1. The third kappa shape index (κ3) is 1.33. The van der Waals surface area contributed by atoms with Crippen LogP contribution in [0.3, 0.4) is 0 Å². The fourth-order valence-electron chi connectivity index (χ4n) is 1.44. The van der Waals surface area contributed by atoms with Crippen molar-refractivity contribution in [2.24, 2.45) is 0 Å². The first-order valence-electron chi connectivity index (χ1n) is 4.30. The molecule has 3 nitrogen and oxygen atoms in total. The molecule has 1 aromatic carbocycles. The standard InChI is InChI=1S/C11H9NO2/c1-14-11(13)9-4-2-6-10-8(9)5-3-7-12-10/h2-7H,1H3/p+1. The zero-order chi connectivity index (χ0) is 9.97. The highest BCUT2D eigenvalue weighted by Gasteiger charge is 2.11. The van der Waals surface area contributed by atoms with Crippen LogP contribution in [-0.2, 0) is 4.74 Å². The number of benzene rings is 1. The smallest absolute Gasteiger partial charge is 0.338 e. The van der Waals surface area contributed by atoms with E-state index >= 15 is 0 Å². The highest BCUT2D eigenvalue weighted by Crippen LogP contribution is 2.14. The summed E-state index contributed by atoms with van der Waals surface area (Å²) in [5, 5.41) is 0.877. The van der Waals surface area contributed by atoms with E-state index in [4.69, 9.17) is 4.74 Å². The molecule has 0 spiro atoms. The fraction of sp³-hybridized carbons (Fsp3) is 0.0909. The summed E-state index contributed by atoms with van der Waals surface area (Å²) in [6.07, 6.45) is 1.82. The molecule has 0 saturated heterocycles. The summed E-state index contributed by atoms with van der Waals surface area (Å²) in [6, 6.07) is 9.24. The summed E-state index contributed by atoms with van der Waals surface area (Å²) < 4.78 is 4.69. The Morgan fingerprint density at radius 1 is 1.29 bits per heavy atom. The number of nitrogens with one attached hydrogen (secondary N) is 1. The van der Waals surface area contributed by atoms with Crippen LogP contribution in [0, 0.1) is 0 Å². The van der Waals surface area contributed by atoms with E-state index in [1.165, 1.54) is 7.11 Å². The van der Waals surface area contributed by atoms with Gasteiger partial charge < -0.3 is 4.74 Å². The molecule has 0 aliphatic heterocycles. The number of methoxy groups -OCH3 is 1. The molecular formula is C11H10NO2+. The third-order valence-electron chi connectivity index (χ3n) is 2.11. The summed E-state index contributed by atoms with van der Waals surface area (Å²) in [5.74, 6) is -0.310. The molecule has 3 heteroatoms. The Morgan fingerprint density at radius 2 is 2.14 bits per heavy atom. The molecule has 2 rings (SSSR count). The third-order valence-corrected chi connectivity index (χ3v) is 2.11. The largest absolute Gasteiger partial charge is 0.465 e. The molecule has 0 aliphatic carbocycles. The van der Waals surface area contributed by atoms with Crippen molar-refractivity contribution in [3.8, 4) is 0 Å². The number of aromatic nitrogens is 1. The van der Waals surface area contributed by atoms with Gasteiger partial charge in [-0.1, -0.05) is 6.07 Å². The predicted octanol–water partition coefficient (Wildman–Crippen LogP) is 1.44. The second kappa shape index (κ2) is 3.46. The number of ether oxygens (including phenoxy) is 1. The molecule has 0 fully saturated rings. The Kier molecular flexibility index (Phi) is 2.14. The molecule has 1 N–H and O–H groups in total. The van der Waals surface area contributed by atoms with Gasteiger partial charge in [0.1, 0.15) is 0 Å². The molecule has 70 valence electrons. The van der Waals surface area contributed by atoms with E-state index in [1.54, 1.807) is 6.07 Å². The van der Waals surface area contributed by atoms with Crippen LogP contribution < -0.4 is 4.98 Å².